The van der Waals surface area contributed by atoms with E-state index in [9.17, 15) is 0 Å². The van der Waals surface area contributed by atoms with E-state index in [0.29, 0.717) is 17.4 Å². The fourth-order valence-corrected chi connectivity index (χ4v) is 3.85. The van der Waals surface area contributed by atoms with Crippen LogP contribution in [0.4, 0.5) is 0 Å². The van der Waals surface area contributed by atoms with Crippen LogP contribution in [0.2, 0.25) is 0 Å². The lowest BCUT2D eigenvalue weighted by molar-refractivity contribution is 0.0732. The second kappa shape index (κ2) is 9.21. The number of nitrogens with zero attached hydrogens (tertiary/aromatic N) is 1. The monoisotopic (exact) mass is 457 g/mol. The van der Waals surface area contributed by atoms with Crippen molar-refractivity contribution in [2.45, 2.75) is 51.0 Å². The second-order valence-corrected chi connectivity index (χ2v) is 7.47. The van der Waals surface area contributed by atoms with Gasteiger partial charge in [-0.15, -0.1) is 24.0 Å². The van der Waals surface area contributed by atoms with Gasteiger partial charge in [0.25, 0.3) is 0 Å². The largest absolute Gasteiger partial charge is 0.385 e. The van der Waals surface area contributed by atoms with Gasteiger partial charge in [-0.25, -0.2) is 0 Å². The van der Waals surface area contributed by atoms with Gasteiger partial charge in [0.2, 0.25) is 0 Å². The number of aliphatic imine (C=N–C) groups is 1. The summed E-state index contributed by atoms with van der Waals surface area (Å²) < 4.78 is 5.28. The van der Waals surface area contributed by atoms with E-state index in [0.717, 1.165) is 25.5 Å². The molecule has 0 amide bonds. The highest BCUT2D eigenvalue weighted by atomic mass is 127. The van der Waals surface area contributed by atoms with Crippen molar-refractivity contribution in [1.29, 1.82) is 0 Å². The molecule has 2 atom stereocenters. The van der Waals surface area contributed by atoms with Gasteiger partial charge in [0.1, 0.15) is 0 Å². The average molecular weight is 457 g/mol. The number of aryl methyl sites for hydroxylation is 1. The van der Waals surface area contributed by atoms with Gasteiger partial charge in [-0.2, -0.15) is 0 Å². The molecule has 2 aliphatic rings. The Bertz CT molecular complexity index is 586. The van der Waals surface area contributed by atoms with Crippen LogP contribution in [0.3, 0.4) is 0 Å². The van der Waals surface area contributed by atoms with Crippen LogP contribution in [0.25, 0.3) is 0 Å². The van der Waals surface area contributed by atoms with Crippen LogP contribution in [0.1, 0.15) is 49.1 Å². The second-order valence-electron chi connectivity index (χ2n) is 7.47. The average Bonchev–Trinajstić information content (AvgIpc) is 3.31. The predicted molar refractivity (Wildman–Crippen MR) is 115 cm³/mol. The van der Waals surface area contributed by atoms with Gasteiger partial charge >= 0.3 is 0 Å². The Balaban J connectivity index is 0.00000225. The summed E-state index contributed by atoms with van der Waals surface area (Å²) in [6.07, 6.45) is 6.28. The van der Waals surface area contributed by atoms with Crippen molar-refractivity contribution in [2.75, 3.05) is 27.3 Å². The zero-order valence-electron chi connectivity index (χ0n) is 15.7. The maximum atomic E-state index is 5.28. The summed E-state index contributed by atoms with van der Waals surface area (Å²) in [6.45, 7) is 4.05. The summed E-state index contributed by atoms with van der Waals surface area (Å²) in [5.74, 6) is 1.57. The predicted octanol–water partition coefficient (Wildman–Crippen LogP) is 3.84. The molecule has 2 aliphatic carbocycles. The van der Waals surface area contributed by atoms with Crippen molar-refractivity contribution in [3.05, 3.63) is 35.4 Å². The number of rotatable bonds is 7. The number of hydrogen-bond donors (Lipinski definition) is 2. The van der Waals surface area contributed by atoms with E-state index in [1.165, 1.54) is 36.8 Å². The Hall–Kier alpha value is -0.820. The summed E-state index contributed by atoms with van der Waals surface area (Å²) in [5.41, 5.74) is 3.27. The van der Waals surface area contributed by atoms with Crippen molar-refractivity contribution in [2.24, 2.45) is 10.4 Å². The molecule has 0 bridgehead atoms. The quantitative estimate of drug-likeness (QED) is 0.372. The van der Waals surface area contributed by atoms with E-state index in [4.69, 9.17) is 4.74 Å². The van der Waals surface area contributed by atoms with E-state index >= 15 is 0 Å². The molecule has 25 heavy (non-hydrogen) atoms. The van der Waals surface area contributed by atoms with Crippen molar-refractivity contribution >= 4 is 29.9 Å². The Morgan fingerprint density at radius 2 is 2.08 bits per heavy atom. The lowest BCUT2D eigenvalue weighted by Gasteiger charge is -2.42. The fourth-order valence-electron chi connectivity index (χ4n) is 3.85. The van der Waals surface area contributed by atoms with Gasteiger partial charge in [0.05, 0.1) is 0 Å². The Morgan fingerprint density at radius 1 is 1.32 bits per heavy atom. The molecular weight excluding hydrogens is 425 g/mol. The number of hydrogen-bond acceptors (Lipinski definition) is 2. The number of benzene rings is 1. The molecule has 1 aromatic carbocycles. The van der Waals surface area contributed by atoms with Crippen LogP contribution in [0.15, 0.2) is 29.3 Å². The fraction of sp³-hybridized carbons (Fsp3) is 0.650. The van der Waals surface area contributed by atoms with E-state index in [2.05, 4.69) is 46.8 Å². The maximum Gasteiger partial charge on any atom is 0.191 e. The lowest BCUT2D eigenvalue weighted by atomic mass is 9.67. The van der Waals surface area contributed by atoms with E-state index in [-0.39, 0.29) is 24.0 Å². The minimum Gasteiger partial charge on any atom is -0.385 e. The molecule has 3 rings (SSSR count). The van der Waals surface area contributed by atoms with E-state index in [1.807, 2.05) is 7.05 Å². The summed E-state index contributed by atoms with van der Waals surface area (Å²) in [6, 6.07) is 9.22. The molecule has 5 heteroatoms. The van der Waals surface area contributed by atoms with Crippen LogP contribution >= 0.6 is 24.0 Å². The van der Waals surface area contributed by atoms with Crippen LogP contribution in [-0.4, -0.2) is 39.3 Å². The highest BCUT2D eigenvalue weighted by molar-refractivity contribution is 14.0. The molecule has 2 saturated carbocycles. The molecule has 1 aromatic rings. The van der Waals surface area contributed by atoms with Gasteiger partial charge in [-0.1, -0.05) is 30.7 Å². The molecule has 0 radical (unpaired) electrons. The molecule has 0 aromatic heterocycles. The number of methoxy groups -OCH3 is 1. The molecule has 2 fully saturated rings. The molecule has 0 heterocycles. The molecule has 140 valence electrons. The normalized spacial score (nSPS) is 24.0. The first kappa shape index (κ1) is 20.5. The Kier molecular flexibility index (Phi) is 7.55. The summed E-state index contributed by atoms with van der Waals surface area (Å²) in [5, 5.41) is 7.16. The molecule has 2 N–H and O–H groups in total. The standard InChI is InChI=1S/C20H31N3O.HI/c1-15-7-4-5-8-16(15)17-13-18(17)23-19(21-2)22-14-20(9-6-10-20)11-12-24-3;/h4-5,7-8,17-18H,6,9-14H2,1-3H3,(H2,21,22,23);1H. The summed E-state index contributed by atoms with van der Waals surface area (Å²) in [4.78, 5) is 4.42. The maximum absolute atomic E-state index is 5.28. The first-order valence-corrected chi connectivity index (χ1v) is 9.19. The van der Waals surface area contributed by atoms with Gasteiger partial charge in [0, 0.05) is 39.3 Å². The van der Waals surface area contributed by atoms with Crippen LogP contribution in [-0.2, 0) is 4.74 Å². The van der Waals surface area contributed by atoms with E-state index < -0.39 is 0 Å². The molecule has 0 aliphatic heterocycles. The van der Waals surface area contributed by atoms with Crippen molar-refractivity contribution < 1.29 is 4.74 Å². The van der Waals surface area contributed by atoms with Gasteiger partial charge in [-0.05, 0) is 49.1 Å². The van der Waals surface area contributed by atoms with E-state index in [1.54, 1.807) is 7.11 Å². The third kappa shape index (κ3) is 5.09. The Labute approximate surface area is 169 Å². The number of nitrogens with one attached hydrogen (secondary N) is 2. The third-order valence-electron chi connectivity index (χ3n) is 5.81. The van der Waals surface area contributed by atoms with Crippen molar-refractivity contribution in [3.63, 3.8) is 0 Å². The molecule has 4 nitrogen and oxygen atoms in total. The minimum absolute atomic E-state index is 0. The van der Waals surface area contributed by atoms with Crippen molar-refractivity contribution in [1.82, 2.24) is 10.6 Å². The third-order valence-corrected chi connectivity index (χ3v) is 5.81. The van der Waals surface area contributed by atoms with Gasteiger partial charge < -0.3 is 15.4 Å². The first-order valence-electron chi connectivity index (χ1n) is 9.19. The summed E-state index contributed by atoms with van der Waals surface area (Å²) in [7, 11) is 3.65. The molecule has 0 saturated heterocycles. The van der Waals surface area contributed by atoms with Gasteiger partial charge in [-0.3, -0.25) is 4.99 Å². The Morgan fingerprint density at radius 3 is 2.68 bits per heavy atom. The zero-order valence-corrected chi connectivity index (χ0v) is 18.0. The first-order chi connectivity index (χ1) is 11.7. The number of halogens is 1. The van der Waals surface area contributed by atoms with Gasteiger partial charge in [0.15, 0.2) is 5.96 Å². The van der Waals surface area contributed by atoms with Crippen LogP contribution in [0.5, 0.6) is 0 Å². The van der Waals surface area contributed by atoms with Crippen molar-refractivity contribution in [3.8, 4) is 0 Å². The van der Waals surface area contributed by atoms with Crippen LogP contribution < -0.4 is 10.6 Å². The number of ether oxygens (including phenoxy) is 1. The smallest absolute Gasteiger partial charge is 0.191 e. The highest BCUT2D eigenvalue weighted by Crippen LogP contribution is 2.44. The zero-order chi connectivity index (χ0) is 17.0. The lowest BCUT2D eigenvalue weighted by Crippen LogP contribution is -2.47. The minimum atomic E-state index is 0. The SMILES string of the molecule is CN=C(NCC1(CCOC)CCC1)NC1CC1c1ccccc1C.I. The molecular formula is C20H32IN3O. The molecule has 0 spiro atoms. The van der Waals surface area contributed by atoms with Crippen LogP contribution in [0, 0.1) is 12.3 Å². The summed E-state index contributed by atoms with van der Waals surface area (Å²) >= 11 is 0. The molecule has 2 unspecified atom stereocenters. The highest BCUT2D eigenvalue weighted by Gasteiger charge is 2.40. The topological polar surface area (TPSA) is 45.7 Å². The number of guanidine groups is 1.